The van der Waals surface area contributed by atoms with Crippen molar-refractivity contribution in [2.45, 2.75) is 13.0 Å². The van der Waals surface area contributed by atoms with E-state index in [4.69, 9.17) is 14.0 Å². The van der Waals surface area contributed by atoms with Crippen LogP contribution in [0.15, 0.2) is 45.6 Å². The van der Waals surface area contributed by atoms with Gasteiger partial charge in [-0.1, -0.05) is 17.3 Å². The predicted molar refractivity (Wildman–Crippen MR) is 93.1 cm³/mol. The zero-order valence-corrected chi connectivity index (χ0v) is 14.6. The van der Waals surface area contributed by atoms with Gasteiger partial charge in [0.1, 0.15) is 5.75 Å². The Balaban J connectivity index is 1.53. The van der Waals surface area contributed by atoms with Gasteiger partial charge >= 0.3 is 5.97 Å². The third-order valence-corrected chi connectivity index (χ3v) is 3.98. The smallest absolute Gasteiger partial charge is 0.339 e. The fraction of sp³-hybridized carbons (Fsp3) is 0.176. The van der Waals surface area contributed by atoms with Gasteiger partial charge in [-0.15, -0.1) is 0 Å². The molecule has 8 nitrogen and oxygen atoms in total. The number of carbonyl (C=O) groups is 2. The van der Waals surface area contributed by atoms with E-state index >= 15 is 0 Å². The van der Waals surface area contributed by atoms with Gasteiger partial charge in [0.05, 0.1) is 24.8 Å². The molecule has 0 aliphatic rings. The molecule has 0 fully saturated rings. The molecule has 0 atom stereocenters. The first-order valence-electron chi connectivity index (χ1n) is 7.59. The molecule has 2 aromatic heterocycles. The Morgan fingerprint density at radius 1 is 1.27 bits per heavy atom. The number of para-hydroxylation sites is 2. The third-order valence-electron chi connectivity index (χ3n) is 3.29. The van der Waals surface area contributed by atoms with E-state index in [-0.39, 0.29) is 30.7 Å². The number of esters is 1. The first-order valence-corrected chi connectivity index (χ1v) is 8.53. The van der Waals surface area contributed by atoms with Crippen LogP contribution in [0.1, 0.15) is 22.1 Å². The monoisotopic (exact) mass is 373 g/mol. The second-order valence-electron chi connectivity index (χ2n) is 5.12. The van der Waals surface area contributed by atoms with Gasteiger partial charge in [-0.25, -0.2) is 4.79 Å². The van der Waals surface area contributed by atoms with Crippen LogP contribution in [0.5, 0.6) is 5.75 Å². The highest BCUT2D eigenvalue weighted by atomic mass is 32.1. The molecule has 1 aromatic carbocycles. The Labute approximate surface area is 152 Å². The normalized spacial score (nSPS) is 10.3. The first-order chi connectivity index (χ1) is 12.7. The topological polar surface area (TPSA) is 104 Å². The lowest BCUT2D eigenvalue weighted by atomic mass is 10.2. The van der Waals surface area contributed by atoms with E-state index in [1.807, 2.05) is 0 Å². The molecule has 1 N–H and O–H groups in total. The molecular weight excluding hydrogens is 358 g/mol. The number of amides is 1. The van der Waals surface area contributed by atoms with E-state index in [1.165, 1.54) is 18.4 Å². The number of carbonyl (C=O) groups excluding carboxylic acids is 2. The fourth-order valence-electron chi connectivity index (χ4n) is 2.10. The number of benzene rings is 1. The van der Waals surface area contributed by atoms with Gasteiger partial charge in [0.2, 0.25) is 5.91 Å². The quantitative estimate of drug-likeness (QED) is 0.635. The number of anilines is 1. The van der Waals surface area contributed by atoms with Crippen LogP contribution in [-0.2, 0) is 22.6 Å². The molecule has 0 aliphatic heterocycles. The number of aromatic nitrogens is 2. The number of hydrogen-bond donors (Lipinski definition) is 1. The number of rotatable bonds is 7. The molecular formula is C17H15N3O5S. The molecule has 26 heavy (non-hydrogen) atoms. The first kappa shape index (κ1) is 17.6. The number of nitrogens with one attached hydrogen (secondary N) is 1. The second kappa shape index (κ2) is 8.26. The maximum absolute atomic E-state index is 12.1. The Morgan fingerprint density at radius 3 is 2.88 bits per heavy atom. The number of thiophene rings is 1. The molecule has 0 aliphatic carbocycles. The van der Waals surface area contributed by atoms with Crippen molar-refractivity contribution in [3.8, 4) is 5.75 Å². The maximum atomic E-state index is 12.1. The lowest BCUT2D eigenvalue weighted by molar-refractivity contribution is -0.115. The van der Waals surface area contributed by atoms with Gasteiger partial charge in [0, 0.05) is 5.38 Å². The molecule has 1 amide bonds. The van der Waals surface area contributed by atoms with Crippen LogP contribution in [0, 0.1) is 0 Å². The summed E-state index contributed by atoms with van der Waals surface area (Å²) in [6.07, 6.45) is -0.0833. The van der Waals surface area contributed by atoms with Gasteiger partial charge < -0.3 is 19.3 Å². The van der Waals surface area contributed by atoms with Crippen LogP contribution in [0.25, 0.3) is 0 Å². The van der Waals surface area contributed by atoms with Crippen LogP contribution in [0.3, 0.4) is 0 Å². The maximum Gasteiger partial charge on any atom is 0.339 e. The molecule has 2 heterocycles. The summed E-state index contributed by atoms with van der Waals surface area (Å²) < 4.78 is 15.2. The summed E-state index contributed by atoms with van der Waals surface area (Å²) in [7, 11) is 1.52. The minimum Gasteiger partial charge on any atom is -0.495 e. The molecule has 3 rings (SSSR count). The molecule has 0 saturated carbocycles. The average Bonchev–Trinajstić information content (AvgIpc) is 3.32. The summed E-state index contributed by atoms with van der Waals surface area (Å²) in [4.78, 5) is 27.9. The van der Waals surface area contributed by atoms with Crippen LogP contribution >= 0.6 is 11.3 Å². The standard InChI is InChI=1S/C17H15N3O5S/c1-23-13-5-3-2-4-12(13)18-15(21)8-14-19-16(25-20-14)9-24-17(22)11-6-7-26-10-11/h2-7,10H,8-9H2,1H3,(H,18,21). The summed E-state index contributed by atoms with van der Waals surface area (Å²) in [5.41, 5.74) is 1.01. The van der Waals surface area contributed by atoms with E-state index in [1.54, 1.807) is 41.1 Å². The van der Waals surface area contributed by atoms with Crippen LogP contribution < -0.4 is 10.1 Å². The van der Waals surface area contributed by atoms with Crippen molar-refractivity contribution >= 4 is 28.9 Å². The van der Waals surface area contributed by atoms with Crippen molar-refractivity contribution in [2.24, 2.45) is 0 Å². The van der Waals surface area contributed by atoms with Crippen molar-refractivity contribution in [1.29, 1.82) is 0 Å². The van der Waals surface area contributed by atoms with Crippen molar-refractivity contribution < 1.29 is 23.6 Å². The molecule has 9 heteroatoms. The van der Waals surface area contributed by atoms with Crippen molar-refractivity contribution in [1.82, 2.24) is 10.1 Å². The number of ether oxygens (including phenoxy) is 2. The lowest BCUT2D eigenvalue weighted by Crippen LogP contribution is -2.15. The summed E-state index contributed by atoms with van der Waals surface area (Å²) in [6.45, 7) is -0.157. The third kappa shape index (κ3) is 4.45. The molecule has 0 radical (unpaired) electrons. The average molecular weight is 373 g/mol. The minimum atomic E-state index is -0.472. The van der Waals surface area contributed by atoms with Crippen molar-refractivity contribution in [3.63, 3.8) is 0 Å². The SMILES string of the molecule is COc1ccccc1NC(=O)Cc1noc(COC(=O)c2ccsc2)n1. The molecule has 0 bridgehead atoms. The summed E-state index contributed by atoms with van der Waals surface area (Å²) in [5.74, 6) is 0.0691. The van der Waals surface area contributed by atoms with Crippen LogP contribution in [0.2, 0.25) is 0 Å². The van der Waals surface area contributed by atoms with E-state index in [2.05, 4.69) is 15.5 Å². The largest absolute Gasteiger partial charge is 0.495 e. The van der Waals surface area contributed by atoms with Gasteiger partial charge in [0.25, 0.3) is 5.89 Å². The molecule has 3 aromatic rings. The minimum absolute atomic E-state index is 0.0833. The Morgan fingerprint density at radius 2 is 2.12 bits per heavy atom. The van der Waals surface area contributed by atoms with Gasteiger partial charge in [-0.2, -0.15) is 16.3 Å². The Kier molecular flexibility index (Phi) is 5.59. The highest BCUT2D eigenvalue weighted by Gasteiger charge is 2.15. The van der Waals surface area contributed by atoms with Gasteiger partial charge in [0.15, 0.2) is 12.4 Å². The molecule has 0 spiro atoms. The zero-order valence-electron chi connectivity index (χ0n) is 13.8. The van der Waals surface area contributed by atoms with Crippen LogP contribution in [0.4, 0.5) is 5.69 Å². The van der Waals surface area contributed by atoms with Crippen molar-refractivity contribution in [3.05, 3.63) is 58.4 Å². The summed E-state index contributed by atoms with van der Waals surface area (Å²) in [5, 5.41) is 9.90. The Hall–Kier alpha value is -3.20. The molecule has 0 saturated heterocycles. The number of methoxy groups -OCH3 is 1. The van der Waals surface area contributed by atoms with E-state index in [0.29, 0.717) is 17.0 Å². The predicted octanol–water partition coefficient (Wildman–Crippen LogP) is 2.68. The number of nitrogens with zero attached hydrogens (tertiary/aromatic N) is 2. The second-order valence-corrected chi connectivity index (χ2v) is 5.90. The summed E-state index contributed by atoms with van der Waals surface area (Å²) in [6, 6.07) is 8.71. The highest BCUT2D eigenvalue weighted by Crippen LogP contribution is 2.23. The van der Waals surface area contributed by atoms with Gasteiger partial charge in [-0.05, 0) is 23.6 Å². The van der Waals surface area contributed by atoms with E-state index in [9.17, 15) is 9.59 Å². The zero-order chi connectivity index (χ0) is 18.4. The summed E-state index contributed by atoms with van der Waals surface area (Å²) >= 11 is 1.40. The van der Waals surface area contributed by atoms with E-state index < -0.39 is 5.97 Å². The Bertz CT molecular complexity index is 891. The van der Waals surface area contributed by atoms with Crippen molar-refractivity contribution in [2.75, 3.05) is 12.4 Å². The van der Waals surface area contributed by atoms with Crippen LogP contribution in [-0.4, -0.2) is 29.1 Å². The van der Waals surface area contributed by atoms with Gasteiger partial charge in [-0.3, -0.25) is 4.79 Å². The van der Waals surface area contributed by atoms with E-state index in [0.717, 1.165) is 0 Å². The molecule has 0 unspecified atom stereocenters. The fourth-order valence-corrected chi connectivity index (χ4v) is 2.72. The number of hydrogen-bond acceptors (Lipinski definition) is 8. The lowest BCUT2D eigenvalue weighted by Gasteiger charge is -2.08. The molecule has 134 valence electrons. The highest BCUT2D eigenvalue weighted by molar-refractivity contribution is 7.08.